The van der Waals surface area contributed by atoms with E-state index in [1.807, 2.05) is 0 Å². The molecule has 0 saturated heterocycles. The van der Waals surface area contributed by atoms with Crippen molar-refractivity contribution < 1.29 is 14.3 Å². The van der Waals surface area contributed by atoms with Gasteiger partial charge >= 0.3 is 11.8 Å². The minimum Gasteiger partial charge on any atom is -0.497 e. The number of anilines is 1. The van der Waals surface area contributed by atoms with Crippen LogP contribution in [0.5, 0.6) is 5.75 Å². The number of fused-ring (bicyclic) bond motifs is 1. The van der Waals surface area contributed by atoms with Crippen LogP contribution in [0.3, 0.4) is 0 Å². The number of benzene rings is 1. The highest BCUT2D eigenvalue weighted by molar-refractivity contribution is 7.16. The van der Waals surface area contributed by atoms with Gasteiger partial charge in [0.25, 0.3) is 0 Å². The molecule has 8 heteroatoms. The van der Waals surface area contributed by atoms with Gasteiger partial charge in [-0.2, -0.15) is 10.4 Å². The highest BCUT2D eigenvalue weighted by atomic mass is 32.1. The maximum Gasteiger partial charge on any atom is 0.329 e. The van der Waals surface area contributed by atoms with Crippen LogP contribution < -0.4 is 15.5 Å². The minimum absolute atomic E-state index is 0.432. The van der Waals surface area contributed by atoms with E-state index in [0.29, 0.717) is 21.9 Å². The third-order valence-corrected chi connectivity index (χ3v) is 5.40. The van der Waals surface area contributed by atoms with Gasteiger partial charge in [0, 0.05) is 4.88 Å². The van der Waals surface area contributed by atoms with E-state index in [1.54, 1.807) is 31.4 Å². The van der Waals surface area contributed by atoms with E-state index in [0.717, 1.165) is 36.1 Å². The lowest BCUT2D eigenvalue weighted by atomic mass is 9.96. The normalized spacial score (nSPS) is 12.9. The molecule has 2 aromatic rings. The van der Waals surface area contributed by atoms with Gasteiger partial charge < -0.3 is 10.1 Å². The van der Waals surface area contributed by atoms with E-state index in [-0.39, 0.29) is 0 Å². The molecule has 0 saturated carbocycles. The molecule has 138 valence electrons. The van der Waals surface area contributed by atoms with Crippen LogP contribution in [-0.4, -0.2) is 25.1 Å². The van der Waals surface area contributed by atoms with Gasteiger partial charge in [0.1, 0.15) is 16.8 Å². The van der Waals surface area contributed by atoms with Gasteiger partial charge in [-0.1, -0.05) is 12.1 Å². The summed E-state index contributed by atoms with van der Waals surface area (Å²) < 4.78 is 5.10. The van der Waals surface area contributed by atoms with Crippen molar-refractivity contribution in [1.82, 2.24) is 5.43 Å². The number of hydrazone groups is 1. The SMILES string of the molecule is COc1cccc(C=NNC(=O)C(=O)Nc2sc3c(c2C#N)CCCC3)c1. The fraction of sp³-hybridized carbons (Fsp3) is 0.263. The molecular weight excluding hydrogens is 364 g/mol. The zero-order valence-electron chi connectivity index (χ0n) is 14.7. The number of ether oxygens (including phenoxy) is 1. The van der Waals surface area contributed by atoms with Crippen LogP contribution >= 0.6 is 11.3 Å². The molecule has 1 heterocycles. The summed E-state index contributed by atoms with van der Waals surface area (Å²) in [5.41, 5.74) is 4.37. The van der Waals surface area contributed by atoms with Crippen LogP contribution in [0.4, 0.5) is 5.00 Å². The molecule has 27 heavy (non-hydrogen) atoms. The lowest BCUT2D eigenvalue weighted by Crippen LogP contribution is -2.32. The lowest BCUT2D eigenvalue weighted by molar-refractivity contribution is -0.136. The first-order chi connectivity index (χ1) is 13.1. The van der Waals surface area contributed by atoms with Crippen molar-refractivity contribution in [3.05, 3.63) is 45.8 Å². The number of amides is 2. The predicted octanol–water partition coefficient (Wildman–Crippen LogP) is 2.60. The Morgan fingerprint density at radius 2 is 2.11 bits per heavy atom. The second-order valence-corrected chi connectivity index (χ2v) is 7.06. The molecule has 0 unspecified atom stereocenters. The Labute approximate surface area is 160 Å². The van der Waals surface area contributed by atoms with Crippen molar-refractivity contribution in [2.45, 2.75) is 25.7 Å². The quantitative estimate of drug-likeness (QED) is 0.482. The molecule has 0 fully saturated rings. The summed E-state index contributed by atoms with van der Waals surface area (Å²) in [7, 11) is 1.56. The first kappa shape index (κ1) is 18.6. The van der Waals surface area contributed by atoms with Crippen LogP contribution in [0, 0.1) is 11.3 Å². The summed E-state index contributed by atoms with van der Waals surface area (Å²) in [6.45, 7) is 0. The number of carbonyl (C=O) groups excluding carboxylic acids is 2. The number of nitrogens with zero attached hydrogens (tertiary/aromatic N) is 2. The maximum absolute atomic E-state index is 12.1. The molecule has 2 N–H and O–H groups in total. The van der Waals surface area contributed by atoms with E-state index >= 15 is 0 Å². The summed E-state index contributed by atoms with van der Waals surface area (Å²) in [4.78, 5) is 25.2. The van der Waals surface area contributed by atoms with Gasteiger partial charge in [-0.25, -0.2) is 5.43 Å². The number of nitriles is 1. The number of carbonyl (C=O) groups is 2. The molecule has 0 spiro atoms. The molecule has 0 bridgehead atoms. The largest absolute Gasteiger partial charge is 0.497 e. The molecule has 7 nitrogen and oxygen atoms in total. The average Bonchev–Trinajstić information content (AvgIpc) is 3.04. The Balaban J connectivity index is 1.63. The average molecular weight is 382 g/mol. The summed E-state index contributed by atoms with van der Waals surface area (Å²) >= 11 is 1.37. The van der Waals surface area contributed by atoms with Crippen molar-refractivity contribution in [3.63, 3.8) is 0 Å². The highest BCUT2D eigenvalue weighted by Gasteiger charge is 2.23. The molecule has 0 radical (unpaired) electrons. The van der Waals surface area contributed by atoms with Gasteiger partial charge in [0.2, 0.25) is 0 Å². The predicted molar refractivity (Wildman–Crippen MR) is 103 cm³/mol. The fourth-order valence-corrected chi connectivity index (χ4v) is 4.10. The van der Waals surface area contributed by atoms with Crippen molar-refractivity contribution >= 4 is 34.4 Å². The Kier molecular flexibility index (Phi) is 5.84. The fourth-order valence-electron chi connectivity index (χ4n) is 2.87. The first-order valence-corrected chi connectivity index (χ1v) is 9.27. The first-order valence-electron chi connectivity index (χ1n) is 8.45. The second-order valence-electron chi connectivity index (χ2n) is 5.96. The van der Waals surface area contributed by atoms with Crippen molar-refractivity contribution in [3.8, 4) is 11.8 Å². The van der Waals surface area contributed by atoms with E-state index in [2.05, 4.69) is 21.9 Å². The Morgan fingerprint density at radius 3 is 2.89 bits per heavy atom. The summed E-state index contributed by atoms with van der Waals surface area (Å²) in [6, 6.07) is 9.25. The van der Waals surface area contributed by atoms with Crippen LogP contribution in [0.1, 0.15) is 34.4 Å². The van der Waals surface area contributed by atoms with Crippen molar-refractivity contribution in [1.29, 1.82) is 5.26 Å². The van der Waals surface area contributed by atoms with Crippen LogP contribution in [0.2, 0.25) is 0 Å². The maximum atomic E-state index is 12.1. The van der Waals surface area contributed by atoms with Crippen molar-refractivity contribution in [2.75, 3.05) is 12.4 Å². The minimum atomic E-state index is -0.899. The number of hydrogen-bond acceptors (Lipinski definition) is 6. The monoisotopic (exact) mass is 382 g/mol. The number of thiophene rings is 1. The number of hydrogen-bond donors (Lipinski definition) is 2. The Hall–Kier alpha value is -3.18. The van der Waals surface area contributed by atoms with Gasteiger partial charge in [0.05, 0.1) is 18.9 Å². The van der Waals surface area contributed by atoms with E-state index in [9.17, 15) is 14.9 Å². The summed E-state index contributed by atoms with van der Waals surface area (Å²) in [5.74, 6) is -1.09. The number of aryl methyl sites for hydroxylation is 1. The molecule has 1 aliphatic rings. The summed E-state index contributed by atoms with van der Waals surface area (Å²) in [6.07, 6.45) is 5.26. The molecule has 0 aliphatic heterocycles. The molecule has 0 atom stereocenters. The zero-order chi connectivity index (χ0) is 19.2. The molecule has 3 rings (SSSR count). The number of methoxy groups -OCH3 is 1. The second kappa shape index (κ2) is 8.47. The van der Waals surface area contributed by atoms with Gasteiger partial charge in [-0.15, -0.1) is 11.3 Å². The highest BCUT2D eigenvalue weighted by Crippen LogP contribution is 2.37. The van der Waals surface area contributed by atoms with Crippen LogP contribution in [0.25, 0.3) is 0 Å². The van der Waals surface area contributed by atoms with Crippen LogP contribution in [0.15, 0.2) is 29.4 Å². The number of rotatable bonds is 4. The van der Waals surface area contributed by atoms with Crippen LogP contribution in [-0.2, 0) is 22.4 Å². The van der Waals surface area contributed by atoms with E-state index < -0.39 is 11.8 Å². The smallest absolute Gasteiger partial charge is 0.329 e. The van der Waals surface area contributed by atoms with Gasteiger partial charge in [0.15, 0.2) is 0 Å². The van der Waals surface area contributed by atoms with Gasteiger partial charge in [-0.3, -0.25) is 9.59 Å². The zero-order valence-corrected chi connectivity index (χ0v) is 15.6. The molecule has 1 aromatic carbocycles. The topological polar surface area (TPSA) is 104 Å². The summed E-state index contributed by atoms with van der Waals surface area (Å²) in [5, 5.41) is 16.1. The van der Waals surface area contributed by atoms with E-state index in [4.69, 9.17) is 4.74 Å². The molecule has 1 aliphatic carbocycles. The lowest BCUT2D eigenvalue weighted by Gasteiger charge is -2.09. The molecular formula is C19H18N4O3S. The third kappa shape index (κ3) is 4.33. The molecule has 2 amide bonds. The van der Waals surface area contributed by atoms with E-state index in [1.165, 1.54) is 17.6 Å². The standard InChI is InChI=1S/C19H18N4O3S/c1-26-13-6-4-5-12(9-13)11-21-23-18(25)17(24)22-19-15(10-20)14-7-2-3-8-16(14)27-19/h4-6,9,11H,2-3,7-8H2,1H3,(H,22,24)(H,23,25). The Morgan fingerprint density at radius 1 is 1.30 bits per heavy atom. The molecule has 1 aromatic heterocycles. The van der Waals surface area contributed by atoms with Crippen molar-refractivity contribution in [2.24, 2.45) is 5.10 Å². The Bertz CT molecular complexity index is 943. The third-order valence-electron chi connectivity index (χ3n) is 4.19. The number of nitrogens with one attached hydrogen (secondary N) is 2. The van der Waals surface area contributed by atoms with Gasteiger partial charge in [-0.05, 0) is 48.9 Å².